The Morgan fingerprint density at radius 1 is 1.36 bits per heavy atom. The molecule has 0 atom stereocenters. The zero-order valence-electron chi connectivity index (χ0n) is 7.84. The van der Waals surface area contributed by atoms with E-state index in [-0.39, 0.29) is 16.8 Å². The Hall–Kier alpha value is -1.78. The van der Waals surface area contributed by atoms with Crippen LogP contribution >= 0.6 is 0 Å². The highest BCUT2D eigenvalue weighted by Gasteiger charge is 2.04. The van der Waals surface area contributed by atoms with E-state index in [4.69, 9.17) is 0 Å². The highest BCUT2D eigenvalue weighted by atomic mass is 16.4. The fourth-order valence-corrected chi connectivity index (χ4v) is 1.17. The lowest BCUT2D eigenvalue weighted by Crippen LogP contribution is -2.27. The molecule has 0 aromatic carbocycles. The number of H-pyrrole nitrogens is 1. The number of aromatic nitrogens is 1. The van der Waals surface area contributed by atoms with Crippen molar-refractivity contribution in [2.24, 2.45) is 0 Å². The zero-order chi connectivity index (χ0) is 10.9. The lowest BCUT2D eigenvalue weighted by atomic mass is 10.1. The van der Waals surface area contributed by atoms with Crippen LogP contribution in [-0.4, -0.2) is 11.0 Å². The van der Waals surface area contributed by atoms with Gasteiger partial charge in [-0.3, -0.25) is 4.79 Å². The number of aromatic amines is 1. The van der Waals surface area contributed by atoms with Crippen LogP contribution in [0.3, 0.4) is 0 Å². The maximum absolute atomic E-state index is 11.4. The quantitative estimate of drug-likeness (QED) is 0.612. The van der Waals surface area contributed by atoms with Crippen LogP contribution in [0.15, 0.2) is 4.79 Å². The molecular formula is C9H9NO4-2. The molecule has 0 spiro atoms. The first-order valence-corrected chi connectivity index (χ1v) is 4.02. The van der Waals surface area contributed by atoms with Crippen LogP contribution in [0.5, 0.6) is 5.75 Å². The Kier molecular flexibility index (Phi) is 2.60. The number of hydrogen-bond donors (Lipinski definition) is 1. The largest absolute Gasteiger partial charge is 0.872 e. The molecule has 5 nitrogen and oxygen atoms in total. The molecule has 0 aliphatic carbocycles. The topological polar surface area (TPSA) is 96.0 Å². The van der Waals surface area contributed by atoms with Crippen LogP contribution in [0.2, 0.25) is 0 Å². The van der Waals surface area contributed by atoms with Crippen molar-refractivity contribution in [1.82, 2.24) is 4.98 Å². The van der Waals surface area contributed by atoms with E-state index < -0.39 is 23.7 Å². The SMILES string of the molecule is Cc1c(CC(=O)[O-])[nH]c(=O)c(C)c1[O-]. The van der Waals surface area contributed by atoms with Crippen molar-refractivity contribution < 1.29 is 15.0 Å². The molecule has 1 rings (SSSR count). The van der Waals surface area contributed by atoms with Crippen LogP contribution in [0.1, 0.15) is 16.8 Å². The first kappa shape index (κ1) is 10.3. The van der Waals surface area contributed by atoms with E-state index in [0.29, 0.717) is 0 Å². The van der Waals surface area contributed by atoms with Crippen LogP contribution < -0.4 is 15.8 Å². The summed E-state index contributed by atoms with van der Waals surface area (Å²) in [6.07, 6.45) is -0.448. The monoisotopic (exact) mass is 195 g/mol. The maximum Gasteiger partial charge on any atom is 0.250 e. The molecule has 1 aromatic rings. The molecule has 1 aromatic heterocycles. The average molecular weight is 195 g/mol. The van der Waals surface area contributed by atoms with Gasteiger partial charge in [0.2, 0.25) is 5.56 Å². The minimum Gasteiger partial charge on any atom is -0.872 e. The number of carboxylic acids is 1. The van der Waals surface area contributed by atoms with Crippen molar-refractivity contribution in [2.75, 3.05) is 0 Å². The smallest absolute Gasteiger partial charge is 0.250 e. The Morgan fingerprint density at radius 3 is 2.43 bits per heavy atom. The fraction of sp³-hybridized carbons (Fsp3) is 0.333. The summed E-state index contributed by atoms with van der Waals surface area (Å²) in [5.41, 5.74) is -0.0988. The predicted octanol–water partition coefficient (Wildman–Crippen LogP) is -1.64. The highest BCUT2D eigenvalue weighted by Crippen LogP contribution is 2.16. The second kappa shape index (κ2) is 3.53. The fourth-order valence-electron chi connectivity index (χ4n) is 1.17. The van der Waals surface area contributed by atoms with Crippen molar-refractivity contribution in [1.29, 1.82) is 0 Å². The van der Waals surface area contributed by atoms with Crippen molar-refractivity contribution in [3.63, 3.8) is 0 Å². The summed E-state index contributed by atoms with van der Waals surface area (Å²) < 4.78 is 0. The van der Waals surface area contributed by atoms with E-state index >= 15 is 0 Å². The minimum absolute atomic E-state index is 0.0737. The molecule has 0 saturated carbocycles. The summed E-state index contributed by atoms with van der Waals surface area (Å²) in [5, 5.41) is 21.7. The van der Waals surface area contributed by atoms with Crippen LogP contribution in [-0.2, 0) is 11.2 Å². The Morgan fingerprint density at radius 2 is 1.93 bits per heavy atom. The summed E-state index contributed by atoms with van der Waals surface area (Å²) >= 11 is 0. The predicted molar refractivity (Wildman–Crippen MR) is 44.7 cm³/mol. The number of carbonyl (C=O) groups is 1. The van der Waals surface area contributed by atoms with Gasteiger partial charge in [0.25, 0.3) is 0 Å². The molecule has 1 heterocycles. The first-order chi connectivity index (χ1) is 6.43. The average Bonchev–Trinajstić information content (AvgIpc) is 2.10. The van der Waals surface area contributed by atoms with Gasteiger partial charge in [-0.2, -0.15) is 0 Å². The number of carbonyl (C=O) groups excluding carboxylic acids is 1. The van der Waals surface area contributed by atoms with E-state index in [9.17, 15) is 19.8 Å². The van der Waals surface area contributed by atoms with Gasteiger partial charge in [0.1, 0.15) is 0 Å². The number of hydrogen-bond acceptors (Lipinski definition) is 4. The molecule has 0 aliphatic rings. The molecule has 0 saturated heterocycles. The van der Waals surface area contributed by atoms with Crippen molar-refractivity contribution in [3.8, 4) is 5.75 Å². The summed E-state index contributed by atoms with van der Waals surface area (Å²) in [7, 11) is 0. The summed E-state index contributed by atoms with van der Waals surface area (Å²) in [5.74, 6) is -1.74. The summed E-state index contributed by atoms with van der Waals surface area (Å²) in [4.78, 5) is 23.8. The van der Waals surface area contributed by atoms with E-state index in [1.54, 1.807) is 0 Å². The molecule has 0 fully saturated rings. The van der Waals surface area contributed by atoms with Crippen molar-refractivity contribution in [3.05, 3.63) is 27.2 Å². The number of rotatable bonds is 2. The Balaban J connectivity index is 3.33. The molecular weight excluding hydrogens is 186 g/mol. The van der Waals surface area contributed by atoms with Gasteiger partial charge in [0.15, 0.2) is 0 Å². The molecule has 0 unspecified atom stereocenters. The molecule has 5 heteroatoms. The van der Waals surface area contributed by atoms with E-state index in [2.05, 4.69) is 4.98 Å². The molecule has 0 aliphatic heterocycles. The van der Waals surface area contributed by atoms with Gasteiger partial charge in [0, 0.05) is 23.6 Å². The highest BCUT2D eigenvalue weighted by molar-refractivity contribution is 5.68. The second-order valence-electron chi connectivity index (χ2n) is 3.06. The third kappa shape index (κ3) is 1.76. The number of aliphatic carboxylic acids is 1. The summed E-state index contributed by atoms with van der Waals surface area (Å²) in [6.45, 7) is 2.88. The third-order valence-corrected chi connectivity index (χ3v) is 2.06. The second-order valence-corrected chi connectivity index (χ2v) is 3.06. The third-order valence-electron chi connectivity index (χ3n) is 2.06. The molecule has 0 amide bonds. The molecule has 0 bridgehead atoms. The summed E-state index contributed by atoms with van der Waals surface area (Å²) in [6, 6.07) is 0. The van der Waals surface area contributed by atoms with Crippen LogP contribution in [0.25, 0.3) is 0 Å². The van der Waals surface area contributed by atoms with Gasteiger partial charge in [-0.05, 0) is 19.4 Å². The molecule has 14 heavy (non-hydrogen) atoms. The van der Waals surface area contributed by atoms with Crippen molar-refractivity contribution in [2.45, 2.75) is 20.3 Å². The number of carboxylic acid groups (broad SMARTS) is 1. The van der Waals surface area contributed by atoms with Gasteiger partial charge in [-0.1, -0.05) is 5.75 Å². The minimum atomic E-state index is -1.33. The molecule has 1 N–H and O–H groups in total. The van der Waals surface area contributed by atoms with Gasteiger partial charge < -0.3 is 20.0 Å². The standard InChI is InChI=1S/C9H11NO4/c1-4-6(3-7(11)12)10-9(14)5(2)8(4)13/h3H2,1-2H3,(H,11,12)(H2,10,13,14)/p-2. The van der Waals surface area contributed by atoms with Gasteiger partial charge in [-0.25, -0.2) is 0 Å². The Bertz CT molecular complexity index is 433. The zero-order valence-corrected chi connectivity index (χ0v) is 7.84. The number of nitrogens with one attached hydrogen (secondary N) is 1. The first-order valence-electron chi connectivity index (χ1n) is 4.02. The normalized spacial score (nSPS) is 10.1. The van der Waals surface area contributed by atoms with Gasteiger partial charge in [0.05, 0.1) is 0 Å². The lowest BCUT2D eigenvalue weighted by Gasteiger charge is -2.17. The molecule has 76 valence electrons. The van der Waals surface area contributed by atoms with Gasteiger partial charge >= 0.3 is 0 Å². The molecule has 0 radical (unpaired) electrons. The Labute approximate surface area is 80.0 Å². The van der Waals surface area contributed by atoms with Crippen LogP contribution in [0.4, 0.5) is 0 Å². The van der Waals surface area contributed by atoms with E-state index in [0.717, 1.165) is 0 Å². The maximum atomic E-state index is 11.4. The van der Waals surface area contributed by atoms with Gasteiger partial charge in [-0.15, -0.1) is 0 Å². The lowest BCUT2D eigenvalue weighted by molar-refractivity contribution is -0.304. The van der Waals surface area contributed by atoms with Crippen LogP contribution in [0, 0.1) is 13.8 Å². The van der Waals surface area contributed by atoms with E-state index in [1.807, 2.05) is 0 Å². The number of pyridine rings is 1. The van der Waals surface area contributed by atoms with E-state index in [1.165, 1.54) is 13.8 Å². The van der Waals surface area contributed by atoms with Crippen molar-refractivity contribution >= 4 is 5.97 Å².